The molecule has 58 valence electrons. The van der Waals surface area contributed by atoms with Crippen molar-refractivity contribution >= 4 is 27.8 Å². The summed E-state index contributed by atoms with van der Waals surface area (Å²) in [6, 6.07) is -1.68. The number of rotatable bonds is 1. The minimum absolute atomic E-state index is 0.208. The minimum atomic E-state index is -1.68. The van der Waals surface area contributed by atoms with Crippen molar-refractivity contribution in [3.63, 3.8) is 0 Å². The van der Waals surface area contributed by atoms with Crippen LogP contribution in [0.5, 0.6) is 0 Å². The summed E-state index contributed by atoms with van der Waals surface area (Å²) >= 11 is 2.92. The van der Waals surface area contributed by atoms with Crippen molar-refractivity contribution in [1.29, 1.82) is 0 Å². The molecule has 0 saturated carbocycles. The molecule has 0 aliphatic carbocycles. The molecule has 0 aliphatic rings. The second kappa shape index (κ2) is 2.91. The first-order valence-electron chi connectivity index (χ1n) is 2.59. The van der Waals surface area contributed by atoms with Gasteiger partial charge >= 0.3 is 6.04 Å². The summed E-state index contributed by atoms with van der Waals surface area (Å²) in [7, 11) is 0. The van der Waals surface area contributed by atoms with Gasteiger partial charge in [-0.15, -0.1) is 0 Å². The summed E-state index contributed by atoms with van der Waals surface area (Å²) < 4.78 is 12.3. The third-order valence-electron chi connectivity index (χ3n) is 0.958. The van der Waals surface area contributed by atoms with Crippen LogP contribution in [0.25, 0.3) is 0 Å². The Morgan fingerprint density at radius 2 is 2.36 bits per heavy atom. The molecular weight excluding hydrogens is 217 g/mol. The Bertz CT molecular complexity index is 304. The first-order chi connectivity index (χ1) is 5.11. The maximum absolute atomic E-state index is 12.0. The molecule has 1 rings (SSSR count). The molecule has 1 aromatic heterocycles. The molecular formula is C5H3BrFN3O. The topological polar surface area (TPSA) is 68.9 Å². The predicted molar refractivity (Wildman–Crippen MR) is 39.6 cm³/mol. The van der Waals surface area contributed by atoms with Crippen LogP contribution >= 0.6 is 15.9 Å². The van der Waals surface area contributed by atoms with Crippen LogP contribution in [0.15, 0.2) is 10.8 Å². The molecule has 0 radical (unpaired) electrons. The van der Waals surface area contributed by atoms with Crippen LogP contribution in [0.3, 0.4) is 0 Å². The molecule has 0 aliphatic heterocycles. The molecule has 0 bridgehead atoms. The van der Waals surface area contributed by atoms with Crippen LogP contribution in [-0.4, -0.2) is 16.0 Å². The fourth-order valence-electron chi connectivity index (χ4n) is 0.522. The van der Waals surface area contributed by atoms with Gasteiger partial charge in [0.25, 0.3) is 0 Å². The zero-order valence-corrected chi connectivity index (χ0v) is 6.80. The second-order valence-corrected chi connectivity index (χ2v) is 2.51. The minimum Gasteiger partial charge on any atom is -0.382 e. The molecule has 0 spiro atoms. The molecule has 0 unspecified atom stereocenters. The molecule has 0 aromatic carbocycles. The van der Waals surface area contributed by atoms with Gasteiger partial charge in [0.2, 0.25) is 0 Å². The summed E-state index contributed by atoms with van der Waals surface area (Å²) in [6.07, 6.45) is 1.28. The highest BCUT2D eigenvalue weighted by Crippen LogP contribution is 2.10. The van der Waals surface area contributed by atoms with Gasteiger partial charge in [-0.1, -0.05) is 0 Å². The number of hydrogen-bond donors (Lipinski definition) is 1. The van der Waals surface area contributed by atoms with Crippen LogP contribution in [-0.2, 0) is 0 Å². The van der Waals surface area contributed by atoms with Crippen molar-refractivity contribution in [2.75, 3.05) is 5.73 Å². The average molecular weight is 220 g/mol. The van der Waals surface area contributed by atoms with Gasteiger partial charge in [0.05, 0.1) is 6.20 Å². The fourth-order valence-corrected chi connectivity index (χ4v) is 0.801. The van der Waals surface area contributed by atoms with Gasteiger partial charge in [0.1, 0.15) is 4.60 Å². The summed E-state index contributed by atoms with van der Waals surface area (Å²) in [5.41, 5.74) is 4.68. The zero-order chi connectivity index (χ0) is 8.43. The lowest BCUT2D eigenvalue weighted by atomic mass is 10.4. The summed E-state index contributed by atoms with van der Waals surface area (Å²) in [5, 5.41) is 0. The van der Waals surface area contributed by atoms with Crippen molar-refractivity contribution < 1.29 is 9.18 Å². The van der Waals surface area contributed by atoms with E-state index in [0.29, 0.717) is 0 Å². The van der Waals surface area contributed by atoms with Crippen molar-refractivity contribution in [3.05, 3.63) is 16.5 Å². The number of halogens is 2. The number of nitrogens with two attached hydrogens (primary N) is 1. The molecule has 0 atom stereocenters. The Balaban J connectivity index is 3.23. The molecule has 1 heterocycles. The molecule has 0 saturated heterocycles. The van der Waals surface area contributed by atoms with Crippen LogP contribution in [0, 0.1) is 0 Å². The van der Waals surface area contributed by atoms with Crippen molar-refractivity contribution in [2.24, 2.45) is 0 Å². The van der Waals surface area contributed by atoms with Crippen LogP contribution in [0.4, 0.5) is 10.2 Å². The SMILES string of the molecule is Nc1ncc(Br)nc1C(=O)F. The third kappa shape index (κ3) is 1.70. The number of carbonyl (C=O) groups is 1. The van der Waals surface area contributed by atoms with Gasteiger partial charge in [-0.25, -0.2) is 9.97 Å². The second-order valence-electron chi connectivity index (χ2n) is 1.70. The predicted octanol–water partition coefficient (Wildman–Crippen LogP) is 0.931. The Morgan fingerprint density at radius 1 is 1.73 bits per heavy atom. The van der Waals surface area contributed by atoms with Gasteiger partial charge in [-0.2, -0.15) is 4.39 Å². The first-order valence-corrected chi connectivity index (χ1v) is 3.38. The number of nitrogen functional groups attached to an aromatic ring is 1. The normalized spacial score (nSPS) is 9.64. The van der Waals surface area contributed by atoms with Crippen molar-refractivity contribution in [1.82, 2.24) is 9.97 Å². The standard InChI is InChI=1S/C5H3BrFN3O/c6-2-1-9-5(8)3(10-2)4(7)11/h1H,(H2,8,9). The number of anilines is 1. The Hall–Kier alpha value is -1.04. The smallest absolute Gasteiger partial charge is 0.354 e. The van der Waals surface area contributed by atoms with Crippen LogP contribution in [0.2, 0.25) is 0 Å². The average Bonchev–Trinajstić information content (AvgIpc) is 1.94. The highest BCUT2D eigenvalue weighted by atomic mass is 79.9. The van der Waals surface area contributed by atoms with E-state index in [1.165, 1.54) is 6.20 Å². The van der Waals surface area contributed by atoms with E-state index >= 15 is 0 Å². The zero-order valence-electron chi connectivity index (χ0n) is 5.21. The Kier molecular flexibility index (Phi) is 2.13. The molecule has 4 nitrogen and oxygen atoms in total. The highest BCUT2D eigenvalue weighted by molar-refractivity contribution is 9.10. The molecule has 1 aromatic rings. The van der Waals surface area contributed by atoms with Gasteiger partial charge in [-0.05, 0) is 15.9 Å². The first kappa shape index (κ1) is 8.06. The van der Waals surface area contributed by atoms with Crippen molar-refractivity contribution in [2.45, 2.75) is 0 Å². The third-order valence-corrected chi connectivity index (χ3v) is 1.34. The van der Waals surface area contributed by atoms with Gasteiger partial charge in [0.15, 0.2) is 11.5 Å². The quantitative estimate of drug-likeness (QED) is 0.714. The van der Waals surface area contributed by atoms with Gasteiger partial charge in [-0.3, -0.25) is 4.79 Å². The van der Waals surface area contributed by atoms with E-state index in [9.17, 15) is 9.18 Å². The van der Waals surface area contributed by atoms with E-state index in [1.807, 2.05) is 0 Å². The van der Waals surface area contributed by atoms with E-state index < -0.39 is 11.7 Å². The van der Waals surface area contributed by atoms with E-state index in [1.54, 1.807) is 0 Å². The maximum atomic E-state index is 12.0. The molecule has 0 amide bonds. The summed E-state index contributed by atoms with van der Waals surface area (Å²) in [4.78, 5) is 17.1. The number of hydrogen-bond acceptors (Lipinski definition) is 4. The van der Waals surface area contributed by atoms with E-state index in [2.05, 4.69) is 25.9 Å². The van der Waals surface area contributed by atoms with E-state index in [4.69, 9.17) is 5.73 Å². The molecule has 2 N–H and O–H groups in total. The van der Waals surface area contributed by atoms with Crippen LogP contribution < -0.4 is 5.73 Å². The Morgan fingerprint density at radius 3 is 2.82 bits per heavy atom. The van der Waals surface area contributed by atoms with Crippen LogP contribution in [0.1, 0.15) is 10.5 Å². The van der Waals surface area contributed by atoms with E-state index in [0.717, 1.165) is 0 Å². The molecule has 0 fully saturated rings. The van der Waals surface area contributed by atoms with Crippen molar-refractivity contribution in [3.8, 4) is 0 Å². The maximum Gasteiger partial charge on any atom is 0.354 e. The highest BCUT2D eigenvalue weighted by Gasteiger charge is 2.11. The lowest BCUT2D eigenvalue weighted by Gasteiger charge is -1.96. The van der Waals surface area contributed by atoms with Gasteiger partial charge in [0, 0.05) is 0 Å². The monoisotopic (exact) mass is 219 g/mol. The Labute approximate surface area is 69.8 Å². The summed E-state index contributed by atoms with van der Waals surface area (Å²) in [6.45, 7) is 0. The van der Waals surface area contributed by atoms with Gasteiger partial charge < -0.3 is 5.73 Å². The molecule has 6 heteroatoms. The number of aromatic nitrogens is 2. The number of nitrogens with zero attached hydrogens (tertiary/aromatic N) is 2. The summed E-state index contributed by atoms with van der Waals surface area (Å²) in [5.74, 6) is -0.208. The molecule has 11 heavy (non-hydrogen) atoms. The number of carbonyl (C=O) groups excluding carboxylic acids is 1. The fraction of sp³-hybridized carbons (Fsp3) is 0. The largest absolute Gasteiger partial charge is 0.382 e. The lowest BCUT2D eigenvalue weighted by Crippen LogP contribution is -2.04. The van der Waals surface area contributed by atoms with E-state index in [-0.39, 0.29) is 10.4 Å². The lowest BCUT2D eigenvalue weighted by molar-refractivity contribution is 0.0831.